The fourth-order valence-electron chi connectivity index (χ4n) is 6.91. The Bertz CT molecular complexity index is 782. The van der Waals surface area contributed by atoms with Crippen LogP contribution in [0.4, 0.5) is 0 Å². The Morgan fingerprint density at radius 2 is 2.08 bits per heavy atom. The topological polar surface area (TPSA) is 60.7 Å². The van der Waals surface area contributed by atoms with Gasteiger partial charge in [-0.25, -0.2) is 0 Å². The van der Waals surface area contributed by atoms with Crippen LogP contribution in [0.25, 0.3) is 0 Å². The Balaban J connectivity index is 1.43. The number of fused-ring (bicyclic) bond motifs is 5. The van der Waals surface area contributed by atoms with Gasteiger partial charge in [0.15, 0.2) is 6.33 Å². The number of aromatic nitrogens is 4. The molecule has 0 spiro atoms. The molecule has 4 aliphatic rings. The third-order valence-electron chi connectivity index (χ3n) is 8.33. The average Bonchev–Trinajstić information content (AvgIpc) is 3.28. The second-order valence-electron chi connectivity index (χ2n) is 9.50. The Labute approximate surface area is 154 Å². The summed E-state index contributed by atoms with van der Waals surface area (Å²) in [5, 5.41) is 12.3. The average molecular weight is 352 g/mol. The first kappa shape index (κ1) is 16.4. The maximum Gasteiger partial charge on any atom is 0.162 e. The fourth-order valence-corrected chi connectivity index (χ4v) is 6.91. The summed E-state index contributed by atoms with van der Waals surface area (Å²) in [6.07, 6.45) is 15.6. The summed E-state index contributed by atoms with van der Waals surface area (Å²) < 4.78 is 0. The van der Waals surface area contributed by atoms with E-state index in [-0.39, 0.29) is 5.41 Å². The third kappa shape index (κ3) is 2.21. The lowest BCUT2D eigenvalue weighted by molar-refractivity contribution is -0.105. The highest BCUT2D eigenvalue weighted by atomic mass is 16.1. The molecule has 1 aromatic rings. The van der Waals surface area contributed by atoms with Gasteiger partial charge in [0.25, 0.3) is 0 Å². The Kier molecular flexibility index (Phi) is 3.54. The quantitative estimate of drug-likeness (QED) is 0.598. The minimum Gasteiger partial charge on any atom is -0.298 e. The number of aldehydes is 1. The Morgan fingerprint density at radius 3 is 2.85 bits per heavy atom. The van der Waals surface area contributed by atoms with Crippen LogP contribution in [0.1, 0.15) is 64.8 Å². The van der Waals surface area contributed by atoms with Crippen molar-refractivity contribution in [2.75, 3.05) is 0 Å². The molecule has 26 heavy (non-hydrogen) atoms. The van der Waals surface area contributed by atoms with Gasteiger partial charge in [-0.3, -0.25) is 4.79 Å². The highest BCUT2D eigenvalue weighted by Crippen LogP contribution is 2.64. The maximum absolute atomic E-state index is 11.4. The van der Waals surface area contributed by atoms with Crippen LogP contribution in [0.3, 0.4) is 0 Å². The second-order valence-corrected chi connectivity index (χ2v) is 9.50. The number of carbonyl (C=O) groups is 1. The minimum atomic E-state index is 0.237. The van der Waals surface area contributed by atoms with Gasteiger partial charge in [-0.1, -0.05) is 31.6 Å². The molecule has 5 rings (SSSR count). The summed E-state index contributed by atoms with van der Waals surface area (Å²) >= 11 is 0. The third-order valence-corrected chi connectivity index (χ3v) is 8.33. The summed E-state index contributed by atoms with van der Waals surface area (Å²) in [7, 11) is 0. The number of tetrazole rings is 1. The monoisotopic (exact) mass is 352 g/mol. The molecule has 1 heterocycles. The molecule has 2 saturated carbocycles. The van der Waals surface area contributed by atoms with E-state index in [2.05, 4.69) is 41.4 Å². The predicted octanol–water partition coefficient (Wildman–Crippen LogP) is 3.91. The molecule has 138 valence electrons. The van der Waals surface area contributed by atoms with E-state index in [1.165, 1.54) is 25.7 Å². The molecule has 5 heteroatoms. The molecule has 0 N–H and O–H groups in total. The van der Waals surface area contributed by atoms with Crippen LogP contribution in [0.5, 0.6) is 0 Å². The molecule has 0 aliphatic heterocycles. The van der Waals surface area contributed by atoms with E-state index in [0.717, 1.165) is 43.0 Å². The molecule has 0 bridgehead atoms. The zero-order valence-electron chi connectivity index (χ0n) is 15.8. The van der Waals surface area contributed by atoms with Gasteiger partial charge in [0.05, 0.1) is 6.04 Å². The molecule has 1 aromatic heterocycles. The van der Waals surface area contributed by atoms with Crippen molar-refractivity contribution in [3.05, 3.63) is 29.6 Å². The van der Waals surface area contributed by atoms with Gasteiger partial charge in [-0.05, 0) is 84.3 Å². The normalized spacial score (nSPS) is 44.4. The standard InChI is InChI=1S/C21H28N4O/c1-20-7-6-18-17(19(20)9-14(11-20)12-26)4-3-15-10-16(5-8-21(15,18)2)25-23-13-22-24-25/h3,11-13,16-19H,4-10H2,1-2H3/t16?,17-,18+,19+,20-,21+/m1/s1. The summed E-state index contributed by atoms with van der Waals surface area (Å²) in [6, 6.07) is 0.358. The van der Waals surface area contributed by atoms with Gasteiger partial charge >= 0.3 is 0 Å². The molecule has 0 saturated heterocycles. The van der Waals surface area contributed by atoms with Crippen LogP contribution in [0.2, 0.25) is 0 Å². The zero-order valence-corrected chi connectivity index (χ0v) is 15.8. The molecule has 1 unspecified atom stereocenters. The molecule has 0 aromatic carbocycles. The van der Waals surface area contributed by atoms with Gasteiger partial charge in [0.2, 0.25) is 0 Å². The summed E-state index contributed by atoms with van der Waals surface area (Å²) in [4.78, 5) is 13.2. The molecular formula is C21H28N4O. The zero-order chi connectivity index (χ0) is 17.9. The Morgan fingerprint density at radius 1 is 1.19 bits per heavy atom. The van der Waals surface area contributed by atoms with Crippen LogP contribution in [-0.4, -0.2) is 26.5 Å². The van der Waals surface area contributed by atoms with Crippen molar-refractivity contribution in [1.82, 2.24) is 20.2 Å². The van der Waals surface area contributed by atoms with Crippen molar-refractivity contribution in [3.8, 4) is 0 Å². The van der Waals surface area contributed by atoms with E-state index in [4.69, 9.17) is 0 Å². The molecule has 4 aliphatic carbocycles. The number of rotatable bonds is 2. The number of allylic oxidation sites excluding steroid dienone is 4. The van der Waals surface area contributed by atoms with E-state index in [9.17, 15) is 4.79 Å². The van der Waals surface area contributed by atoms with E-state index in [1.807, 2.05) is 4.80 Å². The lowest BCUT2D eigenvalue weighted by Gasteiger charge is -2.57. The lowest BCUT2D eigenvalue weighted by Crippen LogP contribution is -2.49. The molecular weight excluding hydrogens is 324 g/mol. The van der Waals surface area contributed by atoms with Crippen LogP contribution < -0.4 is 0 Å². The largest absolute Gasteiger partial charge is 0.298 e. The van der Waals surface area contributed by atoms with E-state index >= 15 is 0 Å². The first-order valence-electron chi connectivity index (χ1n) is 10.1. The van der Waals surface area contributed by atoms with E-state index < -0.39 is 0 Å². The van der Waals surface area contributed by atoms with Crippen molar-refractivity contribution >= 4 is 6.29 Å². The van der Waals surface area contributed by atoms with Gasteiger partial charge < -0.3 is 0 Å². The van der Waals surface area contributed by atoms with Gasteiger partial charge in [-0.15, -0.1) is 10.2 Å². The van der Waals surface area contributed by atoms with Crippen molar-refractivity contribution in [2.24, 2.45) is 28.6 Å². The SMILES string of the molecule is C[C@@]12C=C(C=O)C[C@H]1[C@@H]1CC=C3CC(n4ncnn4)CC[C@]3(C)[C@H]1CC2. The minimum absolute atomic E-state index is 0.237. The van der Waals surface area contributed by atoms with Gasteiger partial charge in [-0.2, -0.15) is 4.80 Å². The highest BCUT2D eigenvalue weighted by molar-refractivity contribution is 5.74. The highest BCUT2D eigenvalue weighted by Gasteiger charge is 2.55. The van der Waals surface area contributed by atoms with Crippen LogP contribution >= 0.6 is 0 Å². The van der Waals surface area contributed by atoms with Crippen molar-refractivity contribution in [3.63, 3.8) is 0 Å². The maximum atomic E-state index is 11.4. The van der Waals surface area contributed by atoms with Crippen LogP contribution in [-0.2, 0) is 4.79 Å². The second kappa shape index (κ2) is 5.61. The molecule has 0 amide bonds. The molecule has 5 nitrogen and oxygen atoms in total. The summed E-state index contributed by atoms with van der Waals surface area (Å²) in [6.45, 7) is 4.89. The number of carbonyl (C=O) groups excluding carboxylic acids is 1. The summed E-state index contributed by atoms with van der Waals surface area (Å²) in [5.74, 6) is 2.12. The number of hydrogen-bond acceptors (Lipinski definition) is 4. The lowest BCUT2D eigenvalue weighted by atomic mass is 9.48. The van der Waals surface area contributed by atoms with Crippen molar-refractivity contribution in [2.45, 2.75) is 64.8 Å². The first-order valence-corrected chi connectivity index (χ1v) is 10.1. The first-order chi connectivity index (χ1) is 12.5. The van der Waals surface area contributed by atoms with Crippen LogP contribution in [0.15, 0.2) is 29.6 Å². The summed E-state index contributed by atoms with van der Waals surface area (Å²) in [5.41, 5.74) is 3.21. The fraction of sp³-hybridized carbons (Fsp3) is 0.714. The predicted molar refractivity (Wildman–Crippen MR) is 98.1 cm³/mol. The Hall–Kier alpha value is -1.78. The van der Waals surface area contributed by atoms with E-state index in [1.54, 1.807) is 11.9 Å². The smallest absolute Gasteiger partial charge is 0.162 e. The van der Waals surface area contributed by atoms with E-state index in [0.29, 0.717) is 17.4 Å². The van der Waals surface area contributed by atoms with Crippen molar-refractivity contribution < 1.29 is 4.79 Å². The van der Waals surface area contributed by atoms with Gasteiger partial charge in [0, 0.05) is 0 Å². The van der Waals surface area contributed by atoms with Gasteiger partial charge in [0.1, 0.15) is 6.29 Å². The molecule has 6 atom stereocenters. The number of hydrogen-bond donors (Lipinski definition) is 0. The number of nitrogens with zero attached hydrogens (tertiary/aromatic N) is 4. The molecule has 2 fully saturated rings. The van der Waals surface area contributed by atoms with Crippen LogP contribution in [0, 0.1) is 28.6 Å². The van der Waals surface area contributed by atoms with Crippen molar-refractivity contribution in [1.29, 1.82) is 0 Å². The molecule has 0 radical (unpaired) electrons.